The number of amides is 2. The average molecular weight is 293 g/mol. The molecule has 1 heterocycles. The predicted octanol–water partition coefficient (Wildman–Crippen LogP) is 2.41. The third-order valence-corrected chi connectivity index (χ3v) is 3.14. The van der Waals surface area contributed by atoms with Crippen molar-refractivity contribution in [2.75, 3.05) is 19.1 Å². The Bertz CT molecular complexity index is 572. The number of carbonyl (C=O) groups excluding carboxylic acids is 2. The van der Waals surface area contributed by atoms with E-state index in [2.05, 4.69) is 0 Å². The summed E-state index contributed by atoms with van der Waals surface area (Å²) in [6.45, 7) is 5.20. The minimum atomic E-state index is -1.62. The lowest BCUT2D eigenvalue weighted by Crippen LogP contribution is -2.47. The lowest BCUT2D eigenvalue weighted by Gasteiger charge is -2.26. The zero-order chi connectivity index (χ0) is 15.8. The van der Waals surface area contributed by atoms with E-state index in [0.29, 0.717) is 11.3 Å². The standard InChI is InChI=1S/C15H19NO5/c1-14(2,3)21-13(18)16-11-9-7-6-8-10(11)15(19-4,20-5)12(16)17/h6-9H,1-5H3. The van der Waals surface area contributed by atoms with E-state index in [1.807, 2.05) is 0 Å². The molecule has 0 aliphatic carbocycles. The first-order valence-electron chi connectivity index (χ1n) is 6.54. The van der Waals surface area contributed by atoms with Gasteiger partial charge in [0, 0.05) is 19.8 Å². The average Bonchev–Trinajstić information content (AvgIpc) is 2.65. The second-order valence-corrected chi connectivity index (χ2v) is 5.66. The van der Waals surface area contributed by atoms with E-state index < -0.39 is 23.4 Å². The van der Waals surface area contributed by atoms with Crippen molar-refractivity contribution in [3.63, 3.8) is 0 Å². The molecular weight excluding hydrogens is 274 g/mol. The highest BCUT2D eigenvalue weighted by atomic mass is 16.7. The zero-order valence-electron chi connectivity index (χ0n) is 12.8. The number of rotatable bonds is 2. The van der Waals surface area contributed by atoms with Gasteiger partial charge in [0.25, 0.3) is 5.79 Å². The zero-order valence-corrected chi connectivity index (χ0v) is 12.8. The van der Waals surface area contributed by atoms with Crippen LogP contribution < -0.4 is 4.90 Å². The molecule has 0 saturated carbocycles. The van der Waals surface area contributed by atoms with E-state index in [9.17, 15) is 9.59 Å². The van der Waals surface area contributed by atoms with Crippen molar-refractivity contribution >= 4 is 17.7 Å². The van der Waals surface area contributed by atoms with E-state index in [0.717, 1.165) is 4.90 Å². The summed E-state index contributed by atoms with van der Waals surface area (Å²) in [5.74, 6) is -2.24. The van der Waals surface area contributed by atoms with E-state index in [-0.39, 0.29) is 0 Å². The van der Waals surface area contributed by atoms with E-state index in [1.165, 1.54) is 14.2 Å². The number of hydrogen-bond donors (Lipinski definition) is 0. The van der Waals surface area contributed by atoms with E-state index in [4.69, 9.17) is 14.2 Å². The normalized spacial score (nSPS) is 16.8. The Hall–Kier alpha value is -1.92. The van der Waals surface area contributed by atoms with Crippen molar-refractivity contribution in [1.29, 1.82) is 0 Å². The van der Waals surface area contributed by atoms with Gasteiger partial charge in [-0.3, -0.25) is 4.79 Å². The molecule has 0 aromatic heterocycles. The van der Waals surface area contributed by atoms with Crippen LogP contribution in [0.5, 0.6) is 0 Å². The first-order chi connectivity index (χ1) is 9.77. The van der Waals surface area contributed by atoms with Crippen LogP contribution in [0.3, 0.4) is 0 Å². The maximum atomic E-state index is 12.6. The molecule has 0 N–H and O–H groups in total. The van der Waals surface area contributed by atoms with Gasteiger partial charge in [-0.1, -0.05) is 18.2 Å². The molecule has 1 aromatic carbocycles. The summed E-state index contributed by atoms with van der Waals surface area (Å²) < 4.78 is 15.8. The molecule has 1 aromatic rings. The Labute approximate surface area is 123 Å². The molecule has 0 spiro atoms. The molecule has 0 atom stereocenters. The highest BCUT2D eigenvalue weighted by Gasteiger charge is 2.55. The SMILES string of the molecule is COC1(OC)C(=O)N(C(=O)OC(C)(C)C)c2ccccc21. The summed E-state index contributed by atoms with van der Waals surface area (Å²) in [6.07, 6.45) is -0.754. The largest absolute Gasteiger partial charge is 0.443 e. The number of benzene rings is 1. The number of imide groups is 1. The van der Waals surface area contributed by atoms with Crippen molar-refractivity contribution in [2.45, 2.75) is 32.2 Å². The van der Waals surface area contributed by atoms with Crippen LogP contribution in [0.25, 0.3) is 0 Å². The van der Waals surface area contributed by atoms with Crippen molar-refractivity contribution in [2.24, 2.45) is 0 Å². The summed E-state index contributed by atoms with van der Waals surface area (Å²) in [7, 11) is 2.72. The Morgan fingerprint density at radius 2 is 1.71 bits per heavy atom. The van der Waals surface area contributed by atoms with E-state index in [1.54, 1.807) is 45.0 Å². The summed E-state index contributed by atoms with van der Waals surface area (Å²) in [6, 6.07) is 6.81. The van der Waals surface area contributed by atoms with Crippen LogP contribution in [0.1, 0.15) is 26.3 Å². The van der Waals surface area contributed by atoms with Gasteiger partial charge in [0.15, 0.2) is 0 Å². The quantitative estimate of drug-likeness (QED) is 0.783. The molecule has 1 aliphatic heterocycles. The van der Waals surface area contributed by atoms with Crippen LogP contribution in [0, 0.1) is 0 Å². The number of para-hydroxylation sites is 1. The number of ether oxygens (including phenoxy) is 3. The minimum Gasteiger partial charge on any atom is -0.443 e. The second-order valence-electron chi connectivity index (χ2n) is 5.66. The third kappa shape index (κ3) is 2.41. The Morgan fingerprint density at radius 1 is 1.14 bits per heavy atom. The molecule has 0 bridgehead atoms. The molecule has 6 heteroatoms. The van der Waals surface area contributed by atoms with Gasteiger partial charge in [0.1, 0.15) is 5.60 Å². The Balaban J connectivity index is 2.50. The molecule has 21 heavy (non-hydrogen) atoms. The fraction of sp³-hybridized carbons (Fsp3) is 0.467. The van der Waals surface area contributed by atoms with Gasteiger partial charge in [0.05, 0.1) is 5.69 Å². The maximum absolute atomic E-state index is 12.6. The number of hydrogen-bond acceptors (Lipinski definition) is 5. The first kappa shape index (κ1) is 15.5. The summed E-state index contributed by atoms with van der Waals surface area (Å²) in [5.41, 5.74) is 0.170. The van der Waals surface area contributed by atoms with E-state index >= 15 is 0 Å². The fourth-order valence-corrected chi connectivity index (χ4v) is 2.29. The van der Waals surface area contributed by atoms with Crippen LogP contribution in [0.4, 0.5) is 10.5 Å². The fourth-order valence-electron chi connectivity index (χ4n) is 2.29. The maximum Gasteiger partial charge on any atom is 0.421 e. The molecule has 0 radical (unpaired) electrons. The number of fused-ring (bicyclic) bond motifs is 1. The molecule has 0 fully saturated rings. The summed E-state index contributed by atoms with van der Waals surface area (Å²) in [5, 5.41) is 0. The number of carbonyl (C=O) groups is 2. The molecule has 1 aliphatic rings. The van der Waals surface area contributed by atoms with Crippen molar-refractivity contribution in [1.82, 2.24) is 0 Å². The first-order valence-corrected chi connectivity index (χ1v) is 6.54. The molecule has 2 rings (SSSR count). The van der Waals surface area contributed by atoms with Crippen LogP contribution >= 0.6 is 0 Å². The van der Waals surface area contributed by atoms with Gasteiger partial charge < -0.3 is 14.2 Å². The van der Waals surface area contributed by atoms with Gasteiger partial charge in [-0.15, -0.1) is 0 Å². The topological polar surface area (TPSA) is 65.1 Å². The second kappa shape index (κ2) is 5.13. The third-order valence-electron chi connectivity index (χ3n) is 3.14. The highest BCUT2D eigenvalue weighted by Crippen LogP contribution is 2.43. The molecular formula is C15H19NO5. The van der Waals surface area contributed by atoms with Crippen molar-refractivity contribution in [3.8, 4) is 0 Å². The Kier molecular flexibility index (Phi) is 3.78. The molecule has 6 nitrogen and oxygen atoms in total. The van der Waals surface area contributed by atoms with Crippen molar-refractivity contribution < 1.29 is 23.8 Å². The van der Waals surface area contributed by atoms with Gasteiger partial charge in [-0.25, -0.2) is 9.69 Å². The van der Waals surface area contributed by atoms with Crippen LogP contribution in [0.15, 0.2) is 24.3 Å². The summed E-state index contributed by atoms with van der Waals surface area (Å²) >= 11 is 0. The van der Waals surface area contributed by atoms with Gasteiger partial charge in [-0.2, -0.15) is 0 Å². The molecule has 0 saturated heterocycles. The van der Waals surface area contributed by atoms with Crippen LogP contribution in [-0.2, 0) is 24.8 Å². The predicted molar refractivity (Wildman–Crippen MR) is 75.9 cm³/mol. The molecule has 114 valence electrons. The molecule has 2 amide bonds. The number of methoxy groups -OCH3 is 2. The minimum absolute atomic E-state index is 0.403. The van der Waals surface area contributed by atoms with Crippen molar-refractivity contribution in [3.05, 3.63) is 29.8 Å². The van der Waals surface area contributed by atoms with Gasteiger partial charge in [-0.05, 0) is 26.8 Å². The van der Waals surface area contributed by atoms with Crippen LogP contribution in [0.2, 0.25) is 0 Å². The van der Waals surface area contributed by atoms with Gasteiger partial charge in [0.2, 0.25) is 0 Å². The van der Waals surface area contributed by atoms with Crippen LogP contribution in [-0.4, -0.2) is 31.8 Å². The lowest BCUT2D eigenvalue weighted by molar-refractivity contribution is -0.208. The summed E-state index contributed by atoms with van der Waals surface area (Å²) in [4.78, 5) is 25.9. The number of nitrogens with zero attached hydrogens (tertiary/aromatic N) is 1. The highest BCUT2D eigenvalue weighted by molar-refractivity contribution is 6.19. The van der Waals surface area contributed by atoms with Gasteiger partial charge >= 0.3 is 12.0 Å². The monoisotopic (exact) mass is 293 g/mol. The number of anilines is 1. The Morgan fingerprint density at radius 3 is 2.24 bits per heavy atom. The molecule has 0 unspecified atom stereocenters. The smallest absolute Gasteiger partial charge is 0.421 e. The lowest BCUT2D eigenvalue weighted by atomic mass is 10.1.